The van der Waals surface area contributed by atoms with Gasteiger partial charge in [-0.15, -0.1) is 0 Å². The average molecular weight is 368 g/mol. The summed E-state index contributed by atoms with van der Waals surface area (Å²) < 4.78 is 6.72. The van der Waals surface area contributed by atoms with E-state index in [0.29, 0.717) is 46.0 Å². The molecule has 0 fully saturated rings. The van der Waals surface area contributed by atoms with Gasteiger partial charge in [-0.1, -0.05) is 28.4 Å². The molecule has 24 heavy (non-hydrogen) atoms. The summed E-state index contributed by atoms with van der Waals surface area (Å²) in [6.07, 6.45) is 0.387. The van der Waals surface area contributed by atoms with Crippen molar-refractivity contribution in [1.29, 1.82) is 0 Å². The van der Waals surface area contributed by atoms with Gasteiger partial charge >= 0.3 is 5.82 Å². The highest BCUT2D eigenvalue weighted by Crippen LogP contribution is 2.28. The summed E-state index contributed by atoms with van der Waals surface area (Å²) in [6, 6.07) is 6.40. The fourth-order valence-electron chi connectivity index (χ4n) is 2.15. The molecule has 8 nitrogen and oxygen atoms in total. The maximum Gasteiger partial charge on any atom is 0.390 e. The van der Waals surface area contributed by atoms with Gasteiger partial charge in [0.05, 0.1) is 28.4 Å². The quantitative estimate of drug-likeness (QED) is 0.503. The third-order valence-corrected chi connectivity index (χ3v) is 3.88. The van der Waals surface area contributed by atoms with E-state index in [1.807, 2.05) is 0 Å². The van der Waals surface area contributed by atoms with E-state index in [9.17, 15) is 10.1 Å². The molecule has 0 aliphatic carbocycles. The number of aromatic nitrogens is 4. The lowest BCUT2D eigenvalue weighted by molar-refractivity contribution is -0.389. The molecule has 0 aliphatic rings. The van der Waals surface area contributed by atoms with Gasteiger partial charge in [0.1, 0.15) is 0 Å². The van der Waals surface area contributed by atoms with Crippen LogP contribution in [0.5, 0.6) is 0 Å². The number of hydrogen-bond donors (Lipinski definition) is 0. The summed E-state index contributed by atoms with van der Waals surface area (Å²) in [5, 5.41) is 19.5. The molecular weight excluding hydrogens is 357 g/mol. The molecule has 0 N–H and O–H groups in total. The molecule has 2 aromatic heterocycles. The van der Waals surface area contributed by atoms with Gasteiger partial charge in [0.2, 0.25) is 11.7 Å². The Morgan fingerprint density at radius 3 is 2.79 bits per heavy atom. The van der Waals surface area contributed by atoms with Crippen LogP contribution in [0.4, 0.5) is 5.82 Å². The van der Waals surface area contributed by atoms with E-state index in [0.717, 1.165) is 0 Å². The summed E-state index contributed by atoms with van der Waals surface area (Å²) in [7, 11) is 0. The molecule has 3 aromatic rings. The second-order valence-corrected chi connectivity index (χ2v) is 5.85. The Kier molecular flexibility index (Phi) is 4.50. The van der Waals surface area contributed by atoms with Crippen molar-refractivity contribution < 1.29 is 9.45 Å². The molecule has 0 radical (unpaired) electrons. The Bertz CT molecular complexity index is 906. The van der Waals surface area contributed by atoms with Gasteiger partial charge < -0.3 is 14.6 Å². The van der Waals surface area contributed by atoms with Crippen LogP contribution in [-0.4, -0.2) is 24.8 Å². The molecule has 3 rings (SSSR count). The topological polar surface area (TPSA) is 99.9 Å². The van der Waals surface area contributed by atoms with E-state index >= 15 is 0 Å². The van der Waals surface area contributed by atoms with Gasteiger partial charge in [-0.3, -0.25) is 0 Å². The SMILES string of the molecule is Cc1cc([N+](=O)[O-])nn1CCc1nc(-c2ccc(Cl)cc2Cl)no1. The summed E-state index contributed by atoms with van der Waals surface area (Å²) in [5.41, 5.74) is 1.30. The minimum absolute atomic E-state index is 0.188. The lowest BCUT2D eigenvalue weighted by Crippen LogP contribution is -2.05. The standard InChI is InChI=1S/C14H11Cl2N5O3/c1-8-6-12(21(22)23)18-20(8)5-4-13-17-14(19-24-13)10-3-2-9(15)7-11(10)16/h2-3,6-7H,4-5H2,1H3. The molecule has 2 heterocycles. The Labute approximate surface area is 146 Å². The second kappa shape index (κ2) is 6.58. The molecule has 0 aliphatic heterocycles. The second-order valence-electron chi connectivity index (χ2n) is 5.01. The van der Waals surface area contributed by atoms with Crippen LogP contribution in [0, 0.1) is 17.0 Å². The predicted octanol–water partition coefficient (Wildman–Crippen LogP) is 3.70. The summed E-state index contributed by atoms with van der Waals surface area (Å²) in [6.45, 7) is 2.13. The third-order valence-electron chi connectivity index (χ3n) is 3.33. The Morgan fingerprint density at radius 2 is 2.12 bits per heavy atom. The number of nitro groups is 1. The monoisotopic (exact) mass is 367 g/mol. The highest BCUT2D eigenvalue weighted by atomic mass is 35.5. The van der Waals surface area contributed by atoms with Crippen molar-refractivity contribution in [2.24, 2.45) is 0 Å². The zero-order chi connectivity index (χ0) is 17.3. The highest BCUT2D eigenvalue weighted by Gasteiger charge is 2.17. The summed E-state index contributed by atoms with van der Waals surface area (Å²) >= 11 is 12.0. The summed E-state index contributed by atoms with van der Waals surface area (Å²) in [4.78, 5) is 14.5. The number of hydrogen-bond acceptors (Lipinski definition) is 6. The van der Waals surface area contributed by atoms with E-state index in [-0.39, 0.29) is 5.82 Å². The lowest BCUT2D eigenvalue weighted by Gasteiger charge is -1.98. The van der Waals surface area contributed by atoms with Crippen molar-refractivity contribution in [2.75, 3.05) is 0 Å². The van der Waals surface area contributed by atoms with Gasteiger partial charge in [0, 0.05) is 17.0 Å². The zero-order valence-corrected chi connectivity index (χ0v) is 14.0. The van der Waals surface area contributed by atoms with E-state index in [4.69, 9.17) is 27.7 Å². The van der Waals surface area contributed by atoms with E-state index < -0.39 is 4.92 Å². The normalized spacial score (nSPS) is 11.0. The number of nitrogens with zero attached hydrogens (tertiary/aromatic N) is 5. The van der Waals surface area contributed by atoms with Gasteiger partial charge in [0.25, 0.3) is 0 Å². The molecule has 0 bridgehead atoms. The summed E-state index contributed by atoms with van der Waals surface area (Å²) in [5.74, 6) is 0.551. The maximum absolute atomic E-state index is 10.7. The minimum Gasteiger partial charge on any atom is -0.358 e. The van der Waals surface area contributed by atoms with Crippen LogP contribution < -0.4 is 0 Å². The van der Waals surface area contributed by atoms with Gasteiger partial charge in [-0.05, 0) is 30.0 Å². The van der Waals surface area contributed by atoms with Gasteiger partial charge in [-0.25, -0.2) is 0 Å². The van der Waals surface area contributed by atoms with Crippen molar-refractivity contribution in [3.8, 4) is 11.4 Å². The number of aryl methyl sites for hydroxylation is 3. The minimum atomic E-state index is -0.531. The van der Waals surface area contributed by atoms with Gasteiger partial charge in [0.15, 0.2) is 0 Å². The molecule has 0 unspecified atom stereocenters. The van der Waals surface area contributed by atoms with Crippen molar-refractivity contribution >= 4 is 29.0 Å². The van der Waals surface area contributed by atoms with E-state index in [1.54, 1.807) is 25.1 Å². The fourth-order valence-corrected chi connectivity index (χ4v) is 2.64. The Hall–Kier alpha value is -2.45. The fraction of sp³-hybridized carbons (Fsp3) is 0.214. The first kappa shape index (κ1) is 16.4. The number of halogens is 2. The van der Waals surface area contributed by atoms with Crippen LogP contribution in [0.2, 0.25) is 10.0 Å². The highest BCUT2D eigenvalue weighted by molar-refractivity contribution is 6.36. The first-order valence-corrected chi connectivity index (χ1v) is 7.66. The van der Waals surface area contributed by atoms with Crippen LogP contribution in [-0.2, 0) is 13.0 Å². The van der Waals surface area contributed by atoms with Crippen molar-refractivity contribution in [3.05, 3.63) is 56.0 Å². The molecule has 10 heteroatoms. The predicted molar refractivity (Wildman–Crippen MR) is 87.1 cm³/mol. The first-order chi connectivity index (χ1) is 11.4. The molecule has 1 aromatic carbocycles. The third kappa shape index (κ3) is 3.39. The number of benzene rings is 1. The van der Waals surface area contributed by atoms with E-state index in [1.165, 1.54) is 10.7 Å². The van der Waals surface area contributed by atoms with Crippen molar-refractivity contribution in [1.82, 2.24) is 19.9 Å². The van der Waals surface area contributed by atoms with Crippen molar-refractivity contribution in [3.63, 3.8) is 0 Å². The van der Waals surface area contributed by atoms with E-state index in [2.05, 4.69) is 15.2 Å². The molecule has 0 atom stereocenters. The smallest absolute Gasteiger partial charge is 0.358 e. The lowest BCUT2D eigenvalue weighted by atomic mass is 10.2. The Balaban J connectivity index is 1.74. The largest absolute Gasteiger partial charge is 0.390 e. The van der Waals surface area contributed by atoms with Crippen LogP contribution >= 0.6 is 23.2 Å². The first-order valence-electron chi connectivity index (χ1n) is 6.91. The molecular formula is C14H11Cl2N5O3. The van der Waals surface area contributed by atoms with Gasteiger partial charge in [-0.2, -0.15) is 9.67 Å². The zero-order valence-electron chi connectivity index (χ0n) is 12.4. The molecule has 0 amide bonds. The molecule has 0 saturated carbocycles. The average Bonchev–Trinajstić information content (AvgIpc) is 3.12. The molecule has 0 spiro atoms. The van der Waals surface area contributed by atoms with Crippen LogP contribution in [0.1, 0.15) is 11.6 Å². The maximum atomic E-state index is 10.7. The van der Waals surface area contributed by atoms with Crippen LogP contribution in [0.25, 0.3) is 11.4 Å². The van der Waals surface area contributed by atoms with Crippen molar-refractivity contribution in [2.45, 2.75) is 19.9 Å². The molecule has 124 valence electrons. The van der Waals surface area contributed by atoms with Crippen LogP contribution in [0.3, 0.4) is 0 Å². The number of rotatable bonds is 5. The Morgan fingerprint density at radius 1 is 1.33 bits per heavy atom. The molecule has 0 saturated heterocycles. The van der Waals surface area contributed by atoms with Crippen LogP contribution in [0.15, 0.2) is 28.8 Å².